The maximum atomic E-state index is 12.1. The smallest absolute Gasteiger partial charge is 0.374 e. The molecule has 40 heavy (non-hydrogen) atoms. The molecule has 0 radical (unpaired) electrons. The molecule has 2 aromatic carbocycles. The van der Waals surface area contributed by atoms with Crippen LogP contribution in [0, 0.1) is 0 Å². The number of nitrogens with zero attached hydrogens (tertiary/aromatic N) is 6. The number of tetrazole rings is 1. The number of para-hydroxylation sites is 1. The fourth-order valence-electron chi connectivity index (χ4n) is 3.98. The van der Waals surface area contributed by atoms with Gasteiger partial charge < -0.3 is 30.0 Å². The Bertz CT molecular complexity index is 1690. The van der Waals surface area contributed by atoms with E-state index in [1.165, 1.54) is 18.0 Å². The third-order valence-electron chi connectivity index (χ3n) is 6.33. The van der Waals surface area contributed by atoms with E-state index in [1.54, 1.807) is 7.05 Å². The van der Waals surface area contributed by atoms with Crippen molar-refractivity contribution in [3.8, 4) is 23.1 Å². The van der Waals surface area contributed by atoms with E-state index in [2.05, 4.69) is 35.1 Å². The zero-order valence-electron chi connectivity index (χ0n) is 21.5. The first kappa shape index (κ1) is 26.8. The van der Waals surface area contributed by atoms with Crippen LogP contribution in [0.3, 0.4) is 0 Å². The molecule has 1 aliphatic rings. The Morgan fingerprint density at radius 1 is 1.20 bits per heavy atom. The molecule has 5 aromatic rings. The first-order valence-electron chi connectivity index (χ1n) is 12.1. The number of ether oxygens (including phenoxy) is 1. The second-order valence-electron chi connectivity index (χ2n) is 9.16. The Kier molecular flexibility index (Phi) is 7.24. The van der Waals surface area contributed by atoms with E-state index in [4.69, 9.17) is 22.4 Å². The molecule has 3 heterocycles. The molecule has 6 rings (SSSR count). The maximum Gasteiger partial charge on any atom is 0.374 e. The van der Waals surface area contributed by atoms with Crippen LogP contribution in [0.4, 0.5) is 0 Å². The van der Waals surface area contributed by atoms with Gasteiger partial charge in [-0.05, 0) is 47.0 Å². The Hall–Kier alpha value is -4.75. The minimum atomic E-state index is -1.16. The molecule has 206 valence electrons. The molecule has 0 bridgehead atoms. The summed E-state index contributed by atoms with van der Waals surface area (Å²) in [5, 5.41) is 28.4. The number of aromatic carboxylic acids is 1. The molecule has 1 saturated carbocycles. The van der Waals surface area contributed by atoms with Crippen molar-refractivity contribution in [2.45, 2.75) is 24.9 Å². The second kappa shape index (κ2) is 10.8. The maximum absolute atomic E-state index is 12.1. The highest BCUT2D eigenvalue weighted by Crippen LogP contribution is 2.38. The summed E-state index contributed by atoms with van der Waals surface area (Å²) in [6.45, 7) is 0.434. The van der Waals surface area contributed by atoms with Crippen molar-refractivity contribution in [3.63, 3.8) is 0 Å². The van der Waals surface area contributed by atoms with Crippen molar-refractivity contribution in [2.24, 2.45) is 12.8 Å². The molecule has 0 saturated heterocycles. The number of aromatic nitrogens is 6. The topological polar surface area (TPSA) is 176 Å². The average molecular weight is 565 g/mol. The molecule has 1 fully saturated rings. The van der Waals surface area contributed by atoms with E-state index in [9.17, 15) is 9.59 Å². The number of carbonyl (C=O) groups excluding carboxylic acids is 1. The third-order valence-corrected chi connectivity index (χ3v) is 6.71. The van der Waals surface area contributed by atoms with Gasteiger partial charge in [-0.2, -0.15) is 4.80 Å². The number of fused-ring (bicyclic) bond motifs is 1. The number of carboxylic acids is 1. The SMILES string of the molecule is COc1cc(C(=O)O)on1.Cn1nnc(-c2c(Cl)c3ccccc3n2-c2ccc(CNC(=O)C3(N)CC3)cc2)n1. The minimum absolute atomic E-state index is 0.0919. The molecule has 13 nitrogen and oxygen atoms in total. The molecule has 1 aliphatic carbocycles. The lowest BCUT2D eigenvalue weighted by atomic mass is 10.2. The highest BCUT2D eigenvalue weighted by Gasteiger charge is 2.45. The van der Waals surface area contributed by atoms with Gasteiger partial charge in [-0.3, -0.25) is 4.79 Å². The molecular weight excluding hydrogens is 540 g/mol. The first-order chi connectivity index (χ1) is 19.2. The molecule has 3 aromatic heterocycles. The second-order valence-corrected chi connectivity index (χ2v) is 9.54. The number of aryl methyl sites for hydroxylation is 1. The van der Waals surface area contributed by atoms with E-state index in [-0.39, 0.29) is 17.5 Å². The summed E-state index contributed by atoms with van der Waals surface area (Å²) in [6, 6.07) is 17.0. The molecule has 0 spiro atoms. The number of halogens is 1. The summed E-state index contributed by atoms with van der Waals surface area (Å²) < 4.78 is 10.9. The molecule has 14 heteroatoms. The van der Waals surface area contributed by atoms with Gasteiger partial charge in [-0.15, -0.1) is 10.2 Å². The van der Waals surface area contributed by atoms with Crippen LogP contribution in [0.25, 0.3) is 28.1 Å². The van der Waals surface area contributed by atoms with E-state index in [0.717, 1.165) is 35.0 Å². The van der Waals surface area contributed by atoms with Crippen molar-refractivity contribution in [1.82, 2.24) is 35.2 Å². The number of carbonyl (C=O) groups is 2. The fraction of sp³-hybridized carbons (Fsp3) is 0.231. The van der Waals surface area contributed by atoms with Gasteiger partial charge >= 0.3 is 5.97 Å². The standard InChI is InChI=1S/C21H20ClN7O.C5H5NO4/c1-28-26-19(25-27-28)18-17(22)15-4-2-3-5-16(15)29(18)14-8-6-13(7-9-14)12-24-20(30)21(23)10-11-21;1-9-4-2-3(5(7)8)10-6-4/h2-9H,10-12,23H2,1H3,(H,24,30);2H,1H3,(H,7,8). The van der Waals surface area contributed by atoms with Crippen molar-refractivity contribution in [3.05, 3.63) is 70.9 Å². The van der Waals surface area contributed by atoms with Gasteiger partial charge in [-0.1, -0.05) is 41.9 Å². The molecule has 0 aliphatic heterocycles. The van der Waals surface area contributed by atoms with Gasteiger partial charge in [-0.25, -0.2) is 4.79 Å². The van der Waals surface area contributed by atoms with E-state index in [1.807, 2.05) is 53.1 Å². The number of carboxylic acid groups (broad SMARTS) is 1. The predicted octanol–water partition coefficient (Wildman–Crippen LogP) is 2.96. The lowest BCUT2D eigenvalue weighted by molar-refractivity contribution is -0.123. The van der Waals surface area contributed by atoms with E-state index in [0.29, 0.717) is 23.1 Å². The van der Waals surface area contributed by atoms with Crippen molar-refractivity contribution in [2.75, 3.05) is 7.11 Å². The van der Waals surface area contributed by atoms with Crippen LogP contribution in [0.5, 0.6) is 5.88 Å². The number of amides is 1. The monoisotopic (exact) mass is 564 g/mol. The molecule has 0 unspecified atom stereocenters. The van der Waals surface area contributed by atoms with Gasteiger partial charge in [0.1, 0.15) is 5.69 Å². The highest BCUT2D eigenvalue weighted by molar-refractivity contribution is 6.38. The van der Waals surface area contributed by atoms with E-state index >= 15 is 0 Å². The van der Waals surface area contributed by atoms with Crippen molar-refractivity contribution in [1.29, 1.82) is 0 Å². The van der Waals surface area contributed by atoms with Crippen LogP contribution >= 0.6 is 11.6 Å². The fourth-order valence-corrected chi connectivity index (χ4v) is 4.31. The minimum Gasteiger partial charge on any atom is -0.479 e. The Morgan fingerprint density at radius 2 is 1.93 bits per heavy atom. The molecule has 1 amide bonds. The van der Waals surface area contributed by atoms with Crippen LogP contribution in [0.15, 0.2) is 59.1 Å². The van der Waals surface area contributed by atoms with Gasteiger partial charge in [0.15, 0.2) is 0 Å². The number of methoxy groups -OCH3 is 1. The largest absolute Gasteiger partial charge is 0.479 e. The number of benzene rings is 2. The van der Waals surface area contributed by atoms with Crippen LogP contribution in [-0.4, -0.2) is 59.6 Å². The number of hydrogen-bond acceptors (Lipinski definition) is 9. The first-order valence-corrected chi connectivity index (χ1v) is 12.5. The zero-order chi connectivity index (χ0) is 28.4. The lowest BCUT2D eigenvalue weighted by Gasteiger charge is -2.12. The van der Waals surface area contributed by atoms with Crippen molar-refractivity contribution < 1.29 is 24.0 Å². The summed E-state index contributed by atoms with van der Waals surface area (Å²) in [4.78, 5) is 23.6. The zero-order valence-corrected chi connectivity index (χ0v) is 22.3. The van der Waals surface area contributed by atoms with Gasteiger partial charge in [0.05, 0.1) is 36.3 Å². The lowest BCUT2D eigenvalue weighted by Crippen LogP contribution is -2.42. The van der Waals surface area contributed by atoms with Crippen LogP contribution in [-0.2, 0) is 18.4 Å². The molecular formula is C26H25ClN8O5. The summed E-state index contributed by atoms with van der Waals surface area (Å²) in [5.74, 6) is -0.858. The van der Waals surface area contributed by atoms with Crippen LogP contribution < -0.4 is 15.8 Å². The quantitative estimate of drug-likeness (QED) is 0.266. The van der Waals surface area contributed by atoms with E-state index < -0.39 is 11.5 Å². The molecule has 0 atom stereocenters. The summed E-state index contributed by atoms with van der Waals surface area (Å²) >= 11 is 6.72. The number of hydrogen-bond donors (Lipinski definition) is 3. The van der Waals surface area contributed by atoms with Crippen LogP contribution in [0.1, 0.15) is 29.0 Å². The highest BCUT2D eigenvalue weighted by atomic mass is 35.5. The van der Waals surface area contributed by atoms with Crippen molar-refractivity contribution >= 4 is 34.4 Å². The Morgan fingerprint density at radius 3 is 2.50 bits per heavy atom. The third kappa shape index (κ3) is 5.37. The van der Waals surface area contributed by atoms with Crippen LogP contribution in [0.2, 0.25) is 5.02 Å². The normalized spacial score (nSPS) is 13.4. The van der Waals surface area contributed by atoms with Gasteiger partial charge in [0, 0.05) is 17.6 Å². The summed E-state index contributed by atoms with van der Waals surface area (Å²) in [5.41, 5.74) is 8.80. The number of nitrogens with two attached hydrogens (primary N) is 1. The number of rotatable bonds is 7. The summed E-state index contributed by atoms with van der Waals surface area (Å²) in [7, 11) is 3.09. The van der Waals surface area contributed by atoms with Gasteiger partial charge in [0.25, 0.3) is 5.88 Å². The summed E-state index contributed by atoms with van der Waals surface area (Å²) in [6.07, 6.45) is 1.50. The van der Waals surface area contributed by atoms with Gasteiger partial charge in [0.2, 0.25) is 17.5 Å². The predicted molar refractivity (Wildman–Crippen MR) is 144 cm³/mol. The molecule has 4 N–H and O–H groups in total. The number of nitrogens with one attached hydrogen (secondary N) is 1. The Balaban J connectivity index is 0.000000274. The average Bonchev–Trinajstić information content (AvgIpc) is 3.28. The Labute approximate surface area is 232 Å².